The summed E-state index contributed by atoms with van der Waals surface area (Å²) in [4.78, 5) is 23.9. The molecule has 0 radical (unpaired) electrons. The fourth-order valence-electron chi connectivity index (χ4n) is 1.75. The number of hydrogen-bond acceptors (Lipinski definition) is 3. The Hall–Kier alpha value is -1.95. The van der Waals surface area contributed by atoms with Gasteiger partial charge in [-0.1, -0.05) is 46.9 Å². The fraction of sp³-hybridized carbons (Fsp3) is 0.125. The van der Waals surface area contributed by atoms with E-state index in [-0.39, 0.29) is 15.6 Å². The van der Waals surface area contributed by atoms with E-state index in [0.717, 1.165) is 0 Å². The molecule has 1 atom stereocenters. The van der Waals surface area contributed by atoms with Crippen molar-refractivity contribution in [1.29, 1.82) is 0 Å². The van der Waals surface area contributed by atoms with E-state index in [0.29, 0.717) is 10.8 Å². The fourth-order valence-corrected chi connectivity index (χ4v) is 2.42. The van der Waals surface area contributed by atoms with Crippen molar-refractivity contribution < 1.29 is 14.3 Å². The highest BCUT2D eigenvalue weighted by atomic mass is 35.5. The van der Waals surface area contributed by atoms with Gasteiger partial charge in [-0.25, -0.2) is 0 Å². The summed E-state index contributed by atoms with van der Waals surface area (Å²) in [7, 11) is 0. The van der Waals surface area contributed by atoms with Crippen LogP contribution in [0.3, 0.4) is 0 Å². The maximum atomic E-state index is 12.0. The first kappa shape index (κ1) is 18.4. The number of halogens is 3. The molecular formula is C16H13Cl3N2O3. The maximum absolute atomic E-state index is 12.0. The Kier molecular flexibility index (Phi) is 6.31. The van der Waals surface area contributed by atoms with Crippen LogP contribution in [0.15, 0.2) is 42.5 Å². The summed E-state index contributed by atoms with van der Waals surface area (Å²) in [5.41, 5.74) is 4.78. The van der Waals surface area contributed by atoms with Crippen molar-refractivity contribution in [2.45, 2.75) is 13.0 Å². The molecule has 2 aromatic rings. The lowest BCUT2D eigenvalue weighted by molar-refractivity contribution is -0.128. The van der Waals surface area contributed by atoms with Crippen LogP contribution >= 0.6 is 34.8 Å². The molecule has 0 aromatic heterocycles. The molecule has 0 spiro atoms. The minimum absolute atomic E-state index is 0.244. The van der Waals surface area contributed by atoms with Crippen LogP contribution in [0.5, 0.6) is 5.75 Å². The highest BCUT2D eigenvalue weighted by Gasteiger charge is 2.18. The van der Waals surface area contributed by atoms with Crippen molar-refractivity contribution in [2.24, 2.45) is 0 Å². The van der Waals surface area contributed by atoms with Crippen LogP contribution in [0, 0.1) is 0 Å². The van der Waals surface area contributed by atoms with Crippen LogP contribution in [0.2, 0.25) is 15.1 Å². The van der Waals surface area contributed by atoms with Gasteiger partial charge in [-0.05, 0) is 37.3 Å². The van der Waals surface area contributed by atoms with Crippen LogP contribution in [-0.4, -0.2) is 17.9 Å². The van der Waals surface area contributed by atoms with E-state index in [1.54, 1.807) is 30.3 Å². The van der Waals surface area contributed by atoms with Gasteiger partial charge in [-0.2, -0.15) is 0 Å². The van der Waals surface area contributed by atoms with Gasteiger partial charge in [0.05, 0.1) is 15.6 Å². The summed E-state index contributed by atoms with van der Waals surface area (Å²) in [6.07, 6.45) is -0.893. The van der Waals surface area contributed by atoms with E-state index in [1.807, 2.05) is 0 Å². The van der Waals surface area contributed by atoms with Gasteiger partial charge in [0.15, 0.2) is 6.10 Å². The number of amides is 2. The third-order valence-corrected chi connectivity index (χ3v) is 3.84. The van der Waals surface area contributed by atoms with E-state index in [1.165, 1.54) is 19.1 Å². The van der Waals surface area contributed by atoms with Gasteiger partial charge in [-0.15, -0.1) is 0 Å². The Morgan fingerprint density at radius 2 is 1.71 bits per heavy atom. The molecule has 0 fully saturated rings. The Balaban J connectivity index is 1.92. The van der Waals surface area contributed by atoms with E-state index in [4.69, 9.17) is 39.5 Å². The smallest absolute Gasteiger partial charge is 0.279 e. The quantitative estimate of drug-likeness (QED) is 0.783. The second-order valence-corrected chi connectivity index (χ2v) is 6.01. The Bertz CT molecular complexity index is 768. The zero-order valence-electron chi connectivity index (χ0n) is 12.5. The molecule has 0 heterocycles. The zero-order valence-corrected chi connectivity index (χ0v) is 14.7. The van der Waals surface area contributed by atoms with Gasteiger partial charge in [0.25, 0.3) is 11.8 Å². The lowest BCUT2D eigenvalue weighted by Crippen LogP contribution is -2.47. The maximum Gasteiger partial charge on any atom is 0.279 e. The van der Waals surface area contributed by atoms with Crippen molar-refractivity contribution in [3.8, 4) is 5.75 Å². The average Bonchev–Trinajstić information content (AvgIpc) is 2.55. The molecule has 0 saturated heterocycles. The number of carbonyl (C=O) groups is 2. The molecule has 0 aliphatic heterocycles. The molecule has 0 aliphatic carbocycles. The molecule has 2 N–H and O–H groups in total. The topological polar surface area (TPSA) is 67.4 Å². The second-order valence-electron chi connectivity index (χ2n) is 4.76. The summed E-state index contributed by atoms with van der Waals surface area (Å²) in [6.45, 7) is 1.52. The number of benzene rings is 2. The van der Waals surface area contributed by atoms with E-state index < -0.39 is 17.9 Å². The van der Waals surface area contributed by atoms with Gasteiger partial charge >= 0.3 is 0 Å². The summed E-state index contributed by atoms with van der Waals surface area (Å²) in [6, 6.07) is 11.1. The first-order valence-electron chi connectivity index (χ1n) is 6.85. The summed E-state index contributed by atoms with van der Waals surface area (Å²) in [5.74, 6) is -0.784. The number of rotatable bonds is 4. The Labute approximate surface area is 153 Å². The van der Waals surface area contributed by atoms with Gasteiger partial charge in [0, 0.05) is 5.02 Å². The van der Waals surface area contributed by atoms with Crippen LogP contribution in [0.25, 0.3) is 0 Å². The predicted octanol–water partition coefficient (Wildman–Crippen LogP) is 3.88. The summed E-state index contributed by atoms with van der Waals surface area (Å²) in [5, 5.41) is 1.01. The van der Waals surface area contributed by atoms with Crippen LogP contribution < -0.4 is 15.6 Å². The Morgan fingerprint density at radius 3 is 2.38 bits per heavy atom. The zero-order chi connectivity index (χ0) is 17.7. The molecule has 0 saturated carbocycles. The highest BCUT2D eigenvalue weighted by Crippen LogP contribution is 2.28. The van der Waals surface area contributed by atoms with E-state index >= 15 is 0 Å². The minimum Gasteiger partial charge on any atom is -0.479 e. The van der Waals surface area contributed by atoms with Crippen LogP contribution in [-0.2, 0) is 4.79 Å². The molecule has 2 amide bonds. The normalized spacial score (nSPS) is 11.5. The van der Waals surface area contributed by atoms with Gasteiger partial charge in [-0.3, -0.25) is 20.4 Å². The molecule has 8 heteroatoms. The van der Waals surface area contributed by atoms with Crippen LogP contribution in [0.4, 0.5) is 0 Å². The SMILES string of the molecule is CC(Oc1ccc(Cl)cc1Cl)C(=O)NNC(=O)c1ccccc1Cl. The molecule has 0 aliphatic rings. The number of nitrogens with one attached hydrogen (secondary N) is 2. The lowest BCUT2D eigenvalue weighted by atomic mass is 10.2. The molecule has 2 rings (SSSR count). The largest absolute Gasteiger partial charge is 0.479 e. The number of carbonyl (C=O) groups excluding carboxylic acids is 2. The number of hydrazine groups is 1. The van der Waals surface area contributed by atoms with Crippen molar-refractivity contribution in [1.82, 2.24) is 10.9 Å². The van der Waals surface area contributed by atoms with Gasteiger partial charge in [0.2, 0.25) is 0 Å². The molecule has 5 nitrogen and oxygen atoms in total. The molecule has 24 heavy (non-hydrogen) atoms. The summed E-state index contributed by atoms with van der Waals surface area (Å²) < 4.78 is 5.44. The van der Waals surface area contributed by atoms with E-state index in [2.05, 4.69) is 10.9 Å². The second kappa shape index (κ2) is 8.24. The average molecular weight is 388 g/mol. The number of hydrogen-bond donors (Lipinski definition) is 2. The molecule has 1 unspecified atom stereocenters. The van der Waals surface area contributed by atoms with Crippen molar-refractivity contribution in [2.75, 3.05) is 0 Å². The van der Waals surface area contributed by atoms with Crippen LogP contribution in [0.1, 0.15) is 17.3 Å². The van der Waals surface area contributed by atoms with E-state index in [9.17, 15) is 9.59 Å². The number of ether oxygens (including phenoxy) is 1. The lowest BCUT2D eigenvalue weighted by Gasteiger charge is -2.16. The monoisotopic (exact) mass is 386 g/mol. The molecular weight excluding hydrogens is 375 g/mol. The highest BCUT2D eigenvalue weighted by molar-refractivity contribution is 6.35. The van der Waals surface area contributed by atoms with Crippen molar-refractivity contribution >= 4 is 46.6 Å². The first-order chi connectivity index (χ1) is 11.4. The van der Waals surface area contributed by atoms with Gasteiger partial charge < -0.3 is 4.74 Å². The van der Waals surface area contributed by atoms with Gasteiger partial charge in [0.1, 0.15) is 5.75 Å². The first-order valence-corrected chi connectivity index (χ1v) is 7.98. The third kappa shape index (κ3) is 4.77. The Morgan fingerprint density at radius 1 is 1.00 bits per heavy atom. The van der Waals surface area contributed by atoms with Crippen molar-refractivity contribution in [3.63, 3.8) is 0 Å². The standard InChI is InChI=1S/C16H13Cl3N2O3/c1-9(24-14-7-6-10(17)8-13(14)19)15(22)20-21-16(23)11-4-2-3-5-12(11)18/h2-9H,1H3,(H,20,22)(H,21,23). The molecule has 0 bridgehead atoms. The van der Waals surface area contributed by atoms with Crippen molar-refractivity contribution in [3.05, 3.63) is 63.1 Å². The third-order valence-electron chi connectivity index (χ3n) is 2.98. The summed E-state index contributed by atoms with van der Waals surface area (Å²) >= 11 is 17.7. The molecule has 2 aromatic carbocycles. The molecule has 126 valence electrons. The minimum atomic E-state index is -0.893. The predicted molar refractivity (Wildman–Crippen MR) is 93.6 cm³/mol.